The van der Waals surface area contributed by atoms with Crippen molar-refractivity contribution in [3.63, 3.8) is 0 Å². The van der Waals surface area contributed by atoms with Crippen molar-refractivity contribution in [2.24, 2.45) is 63.6 Å². The summed E-state index contributed by atoms with van der Waals surface area (Å²) in [5.74, 6) is 2.94. The molecule has 0 heterocycles. The number of hydrogen-bond acceptors (Lipinski definition) is 4. The van der Waals surface area contributed by atoms with E-state index in [9.17, 15) is 14.4 Å². The van der Waals surface area contributed by atoms with Crippen molar-refractivity contribution in [2.45, 2.75) is 154 Å². The van der Waals surface area contributed by atoms with Crippen LogP contribution in [0, 0.1) is 63.6 Å². The molecular weight excluding hydrogens is 508 g/mol. The Bertz CT molecular complexity index is 873. The largest absolute Gasteiger partial charge is 0.462 e. The lowest BCUT2D eigenvalue weighted by Gasteiger charge is -2.45. The fourth-order valence-corrected chi connectivity index (χ4v) is 9.51. The van der Waals surface area contributed by atoms with Gasteiger partial charge in [0.25, 0.3) is 0 Å². The highest BCUT2D eigenvalue weighted by Crippen LogP contribution is 2.55. The summed E-state index contributed by atoms with van der Waals surface area (Å²) in [4.78, 5) is 38.1. The van der Waals surface area contributed by atoms with Crippen LogP contribution in [0.15, 0.2) is 0 Å². The zero-order chi connectivity index (χ0) is 31.5. The molecule has 0 N–H and O–H groups in total. The highest BCUT2D eigenvalue weighted by Gasteiger charge is 2.58. The third-order valence-electron chi connectivity index (χ3n) is 10.4. The Morgan fingerprint density at radius 1 is 0.878 bits per heavy atom. The Balaban J connectivity index is 0.000000346. The van der Waals surface area contributed by atoms with Crippen LogP contribution in [0.3, 0.4) is 0 Å². The number of fused-ring (bicyclic) bond motifs is 4. The molecule has 0 aromatic heterocycles. The lowest BCUT2D eigenvalue weighted by atomic mass is 9.60. The van der Waals surface area contributed by atoms with E-state index < -0.39 is 5.41 Å². The molecule has 7 unspecified atom stereocenters. The van der Waals surface area contributed by atoms with Gasteiger partial charge in [0, 0.05) is 23.7 Å². The van der Waals surface area contributed by atoms with Crippen molar-refractivity contribution in [1.82, 2.24) is 0 Å². The summed E-state index contributed by atoms with van der Waals surface area (Å²) in [5.41, 5.74) is 0.135. The predicted octanol–water partition coefficient (Wildman–Crippen LogP) is 9.72. The normalized spacial score (nSPS) is 34.4. The predicted molar refractivity (Wildman–Crippen MR) is 170 cm³/mol. The first kappa shape index (κ1) is 36.0. The molecule has 238 valence electrons. The molecule has 4 fully saturated rings. The molecule has 4 aliphatic rings. The van der Waals surface area contributed by atoms with Gasteiger partial charge < -0.3 is 4.74 Å². The van der Waals surface area contributed by atoms with Gasteiger partial charge in [-0.2, -0.15) is 0 Å². The number of hydrogen-bond donors (Lipinski definition) is 0. The first-order valence-electron chi connectivity index (χ1n) is 17.1. The maximum Gasteiger partial charge on any atom is 0.311 e. The summed E-state index contributed by atoms with van der Waals surface area (Å²) < 4.78 is 5.98. The van der Waals surface area contributed by atoms with Crippen LogP contribution in [-0.4, -0.2) is 23.6 Å². The maximum atomic E-state index is 13.0. The molecule has 0 radical (unpaired) electrons. The molecule has 0 aliphatic heterocycles. The lowest BCUT2D eigenvalue weighted by molar-refractivity contribution is -0.167. The van der Waals surface area contributed by atoms with E-state index in [4.69, 9.17) is 4.74 Å². The minimum atomic E-state index is -0.559. The molecule has 4 rings (SSSR count). The highest BCUT2D eigenvalue weighted by atomic mass is 16.5. The third kappa shape index (κ3) is 9.40. The van der Waals surface area contributed by atoms with Crippen LogP contribution in [0.4, 0.5) is 0 Å². The first-order chi connectivity index (χ1) is 18.8. The summed E-state index contributed by atoms with van der Waals surface area (Å²) in [6.07, 6.45) is 10.4. The molecule has 0 aromatic rings. The monoisotopic (exact) mass is 574 g/mol. The smallest absolute Gasteiger partial charge is 0.311 e. The Hall–Kier alpha value is -1.19. The van der Waals surface area contributed by atoms with Crippen LogP contribution >= 0.6 is 0 Å². The van der Waals surface area contributed by atoms with Gasteiger partial charge in [-0.1, -0.05) is 69.2 Å². The summed E-state index contributed by atoms with van der Waals surface area (Å²) in [5, 5.41) is 0. The zero-order valence-corrected chi connectivity index (χ0v) is 29.2. The SMILES string of the molecule is CC.CC1CC2CC(C1)CC(C)(C)C2.CC[C@@H](C)C(=O)C1C2CC(CC2OC(=O)C(C)(C)CC(C)(C)C)C1C(C)=O. The molecule has 8 atom stereocenters. The quantitative estimate of drug-likeness (QED) is 0.284. The molecule has 4 nitrogen and oxygen atoms in total. The molecular formula is C37H66O4. The Kier molecular flexibility index (Phi) is 12.3. The minimum absolute atomic E-state index is 0.000197. The van der Waals surface area contributed by atoms with Crippen LogP contribution in [0.5, 0.6) is 0 Å². The third-order valence-corrected chi connectivity index (χ3v) is 10.4. The second-order valence-electron chi connectivity index (χ2n) is 17.0. The van der Waals surface area contributed by atoms with Crippen LogP contribution in [0.1, 0.15) is 148 Å². The molecule has 0 spiro atoms. The van der Waals surface area contributed by atoms with Gasteiger partial charge in [0.15, 0.2) is 0 Å². The van der Waals surface area contributed by atoms with E-state index in [1.165, 1.54) is 25.7 Å². The van der Waals surface area contributed by atoms with Crippen molar-refractivity contribution >= 4 is 17.5 Å². The van der Waals surface area contributed by atoms with Gasteiger partial charge in [0.05, 0.1) is 5.41 Å². The Morgan fingerprint density at radius 2 is 1.41 bits per heavy atom. The van der Waals surface area contributed by atoms with Crippen LogP contribution in [0.25, 0.3) is 0 Å². The van der Waals surface area contributed by atoms with Gasteiger partial charge in [0.2, 0.25) is 0 Å². The zero-order valence-electron chi connectivity index (χ0n) is 29.2. The van der Waals surface area contributed by atoms with Gasteiger partial charge in [0.1, 0.15) is 17.7 Å². The standard InChI is InChI=1S/C23H38O4.C12H22.C2H6/c1-9-13(2)20(25)19-16-10-15(18(19)14(3)24)11-17(16)27-21(26)23(7,8)12-22(4,5)6;1-9-4-10-6-11(5-9)8-12(2,3)7-10;1-2/h13,15-19H,9-12H2,1-8H3;9-11H,4-8H2,1-3H3;1-2H3/t13-,15?,16?,17?,18?,19?;;/m1../s1. The summed E-state index contributed by atoms with van der Waals surface area (Å²) >= 11 is 0. The average molecular weight is 575 g/mol. The molecule has 4 bridgehead atoms. The number of carbonyl (C=O) groups excluding carboxylic acids is 3. The minimum Gasteiger partial charge on any atom is -0.462 e. The van der Waals surface area contributed by atoms with Gasteiger partial charge in [-0.3, -0.25) is 14.4 Å². The van der Waals surface area contributed by atoms with Crippen molar-refractivity contribution in [3.8, 4) is 0 Å². The molecule has 4 heteroatoms. The van der Waals surface area contributed by atoms with Gasteiger partial charge in [-0.05, 0) is 113 Å². The number of rotatable bonds is 7. The van der Waals surface area contributed by atoms with Gasteiger partial charge in [-0.25, -0.2) is 0 Å². The highest BCUT2D eigenvalue weighted by molar-refractivity contribution is 5.91. The van der Waals surface area contributed by atoms with E-state index in [0.29, 0.717) is 5.41 Å². The Labute approximate surface area is 253 Å². The van der Waals surface area contributed by atoms with Gasteiger partial charge in [-0.15, -0.1) is 0 Å². The van der Waals surface area contributed by atoms with E-state index in [1.54, 1.807) is 13.3 Å². The van der Waals surface area contributed by atoms with Crippen LogP contribution < -0.4 is 0 Å². The van der Waals surface area contributed by atoms with E-state index in [1.807, 2.05) is 41.5 Å². The van der Waals surface area contributed by atoms with Crippen molar-refractivity contribution < 1.29 is 19.1 Å². The number of carbonyl (C=O) groups is 3. The average Bonchev–Trinajstić information content (AvgIpc) is 3.40. The Morgan fingerprint density at radius 3 is 1.88 bits per heavy atom. The van der Waals surface area contributed by atoms with E-state index in [0.717, 1.165) is 43.4 Å². The van der Waals surface area contributed by atoms with E-state index in [-0.39, 0.29) is 58.6 Å². The number of ether oxygens (including phenoxy) is 1. The molecule has 41 heavy (non-hydrogen) atoms. The van der Waals surface area contributed by atoms with Crippen LogP contribution in [0.2, 0.25) is 0 Å². The van der Waals surface area contributed by atoms with E-state index in [2.05, 4.69) is 41.5 Å². The molecule has 4 aliphatic carbocycles. The van der Waals surface area contributed by atoms with Crippen molar-refractivity contribution in [3.05, 3.63) is 0 Å². The number of Topliss-reactive ketones (excluding diaryl/α,β-unsaturated/α-hetero) is 2. The lowest BCUT2D eigenvalue weighted by Crippen LogP contribution is -2.44. The number of esters is 1. The van der Waals surface area contributed by atoms with Gasteiger partial charge >= 0.3 is 5.97 Å². The maximum absolute atomic E-state index is 13.0. The first-order valence-corrected chi connectivity index (χ1v) is 17.1. The molecule has 4 saturated carbocycles. The topological polar surface area (TPSA) is 60.4 Å². The second kappa shape index (κ2) is 14.1. The van der Waals surface area contributed by atoms with E-state index >= 15 is 0 Å². The molecule has 0 aromatic carbocycles. The fourth-order valence-electron chi connectivity index (χ4n) is 9.51. The van der Waals surface area contributed by atoms with Crippen molar-refractivity contribution in [1.29, 1.82) is 0 Å². The molecule has 0 saturated heterocycles. The second-order valence-corrected chi connectivity index (χ2v) is 17.0. The fraction of sp³-hybridized carbons (Fsp3) is 0.919. The summed E-state index contributed by atoms with van der Waals surface area (Å²) in [6.45, 7) is 27.2. The molecule has 0 amide bonds. The van der Waals surface area contributed by atoms with Crippen LogP contribution in [-0.2, 0) is 19.1 Å². The van der Waals surface area contributed by atoms with Crippen molar-refractivity contribution in [2.75, 3.05) is 0 Å². The number of ketones is 2. The summed E-state index contributed by atoms with van der Waals surface area (Å²) in [7, 11) is 0. The summed E-state index contributed by atoms with van der Waals surface area (Å²) in [6, 6.07) is 0.